The minimum Gasteiger partial charge on any atom is -0.394 e. The number of nitrogens with zero attached hydrogens (tertiary/aromatic N) is 1. The van der Waals surface area contributed by atoms with Gasteiger partial charge in [0.2, 0.25) is 5.91 Å². The van der Waals surface area contributed by atoms with Crippen LogP contribution in [-0.2, 0) is 9.53 Å². The molecule has 3 aliphatic rings. The Morgan fingerprint density at radius 1 is 1.25 bits per heavy atom. The molecule has 0 aromatic heterocycles. The highest BCUT2D eigenvalue weighted by molar-refractivity contribution is 5.82. The van der Waals surface area contributed by atoms with Gasteiger partial charge in [0.15, 0.2) is 0 Å². The standard InChI is InChI=1S/C15H26N2O3/c18-8-9-20-12-4-6-17(7-5-12)15(19)14-13-3-1-2-11(13)10-16-14/h11-14,16,18H,1-10H2. The molecule has 20 heavy (non-hydrogen) atoms. The Hall–Kier alpha value is -0.650. The number of aliphatic hydroxyl groups is 1. The first-order valence-electron chi connectivity index (χ1n) is 8.04. The zero-order chi connectivity index (χ0) is 13.9. The fourth-order valence-electron chi connectivity index (χ4n) is 4.12. The minimum atomic E-state index is 0.0670. The molecule has 2 saturated heterocycles. The van der Waals surface area contributed by atoms with Crippen molar-refractivity contribution in [3.63, 3.8) is 0 Å². The van der Waals surface area contributed by atoms with E-state index in [1.165, 1.54) is 19.3 Å². The summed E-state index contributed by atoms with van der Waals surface area (Å²) in [5.74, 6) is 1.61. The Kier molecular flexibility index (Phi) is 4.58. The molecule has 0 spiro atoms. The number of nitrogens with one attached hydrogen (secondary N) is 1. The molecule has 1 saturated carbocycles. The molecule has 5 nitrogen and oxygen atoms in total. The smallest absolute Gasteiger partial charge is 0.240 e. The highest BCUT2D eigenvalue weighted by Gasteiger charge is 2.44. The van der Waals surface area contributed by atoms with Gasteiger partial charge in [-0.3, -0.25) is 4.79 Å². The molecule has 0 aromatic carbocycles. The molecule has 1 amide bonds. The lowest BCUT2D eigenvalue weighted by molar-refractivity contribution is -0.137. The van der Waals surface area contributed by atoms with Crippen molar-refractivity contribution in [1.82, 2.24) is 10.2 Å². The van der Waals surface area contributed by atoms with Gasteiger partial charge >= 0.3 is 0 Å². The number of carbonyl (C=O) groups is 1. The molecular formula is C15H26N2O3. The van der Waals surface area contributed by atoms with Gasteiger partial charge in [-0.2, -0.15) is 0 Å². The molecule has 2 N–H and O–H groups in total. The summed E-state index contributed by atoms with van der Waals surface area (Å²) in [5, 5.41) is 12.2. The third-order valence-electron chi connectivity index (χ3n) is 5.21. The van der Waals surface area contributed by atoms with Crippen LogP contribution in [0.1, 0.15) is 32.1 Å². The third kappa shape index (κ3) is 2.85. The summed E-state index contributed by atoms with van der Waals surface area (Å²) in [6.45, 7) is 3.10. The van der Waals surface area contributed by atoms with Gasteiger partial charge in [-0.25, -0.2) is 0 Å². The van der Waals surface area contributed by atoms with Gasteiger partial charge in [-0.1, -0.05) is 6.42 Å². The topological polar surface area (TPSA) is 61.8 Å². The Bertz CT molecular complexity index is 342. The van der Waals surface area contributed by atoms with E-state index in [-0.39, 0.29) is 18.8 Å². The second-order valence-electron chi connectivity index (χ2n) is 6.36. The summed E-state index contributed by atoms with van der Waals surface area (Å²) < 4.78 is 5.55. The lowest BCUT2D eigenvalue weighted by Gasteiger charge is -2.34. The van der Waals surface area contributed by atoms with Crippen molar-refractivity contribution in [3.05, 3.63) is 0 Å². The van der Waals surface area contributed by atoms with E-state index in [1.807, 2.05) is 4.90 Å². The summed E-state index contributed by atoms with van der Waals surface area (Å²) in [5.41, 5.74) is 0. The van der Waals surface area contributed by atoms with Crippen molar-refractivity contribution in [2.45, 2.75) is 44.2 Å². The average Bonchev–Trinajstić information content (AvgIpc) is 3.08. The monoisotopic (exact) mass is 282 g/mol. The predicted octanol–water partition coefficient (Wildman–Crippen LogP) is 0.374. The van der Waals surface area contributed by atoms with Crippen LogP contribution in [0.2, 0.25) is 0 Å². The second kappa shape index (κ2) is 6.41. The van der Waals surface area contributed by atoms with Crippen LogP contribution in [-0.4, -0.2) is 60.9 Å². The van der Waals surface area contributed by atoms with Crippen LogP contribution in [0.3, 0.4) is 0 Å². The van der Waals surface area contributed by atoms with Crippen molar-refractivity contribution in [2.75, 3.05) is 32.8 Å². The van der Waals surface area contributed by atoms with Crippen LogP contribution >= 0.6 is 0 Å². The van der Waals surface area contributed by atoms with E-state index in [0.717, 1.165) is 38.4 Å². The van der Waals surface area contributed by atoms with E-state index < -0.39 is 0 Å². The predicted molar refractivity (Wildman–Crippen MR) is 75.3 cm³/mol. The first kappa shape index (κ1) is 14.3. The Morgan fingerprint density at radius 3 is 2.80 bits per heavy atom. The summed E-state index contributed by atoms with van der Waals surface area (Å²) in [6, 6.07) is 0.0670. The average molecular weight is 282 g/mol. The quantitative estimate of drug-likeness (QED) is 0.782. The number of piperidine rings is 1. The molecule has 5 heteroatoms. The highest BCUT2D eigenvalue weighted by atomic mass is 16.5. The molecule has 1 aliphatic carbocycles. The van der Waals surface area contributed by atoms with Crippen LogP contribution in [0.4, 0.5) is 0 Å². The fraction of sp³-hybridized carbons (Fsp3) is 0.933. The van der Waals surface area contributed by atoms with Crippen molar-refractivity contribution < 1.29 is 14.6 Å². The molecule has 0 radical (unpaired) electrons. The number of carbonyl (C=O) groups excluding carboxylic acids is 1. The molecule has 3 atom stereocenters. The lowest BCUT2D eigenvalue weighted by atomic mass is 9.93. The SMILES string of the molecule is O=C(C1NCC2CCCC21)N1CCC(OCCO)CC1. The number of rotatable bonds is 4. The summed E-state index contributed by atoms with van der Waals surface area (Å²) in [4.78, 5) is 14.7. The van der Waals surface area contributed by atoms with E-state index in [4.69, 9.17) is 9.84 Å². The molecule has 0 aromatic rings. The number of fused-ring (bicyclic) bond motifs is 1. The van der Waals surface area contributed by atoms with Crippen LogP contribution in [0.5, 0.6) is 0 Å². The molecule has 0 bridgehead atoms. The van der Waals surface area contributed by atoms with Crippen molar-refractivity contribution in [3.8, 4) is 0 Å². The molecule has 3 fully saturated rings. The molecule has 2 heterocycles. The van der Waals surface area contributed by atoms with Crippen LogP contribution in [0, 0.1) is 11.8 Å². The number of aliphatic hydroxyl groups excluding tert-OH is 1. The zero-order valence-electron chi connectivity index (χ0n) is 12.1. The van der Waals surface area contributed by atoms with Gasteiger partial charge in [0, 0.05) is 13.1 Å². The van der Waals surface area contributed by atoms with Crippen LogP contribution < -0.4 is 5.32 Å². The number of likely N-dealkylation sites (tertiary alicyclic amines) is 1. The van der Waals surface area contributed by atoms with Gasteiger partial charge in [-0.15, -0.1) is 0 Å². The van der Waals surface area contributed by atoms with Gasteiger partial charge in [0.1, 0.15) is 0 Å². The Labute approximate surface area is 120 Å². The van der Waals surface area contributed by atoms with Gasteiger partial charge in [0.05, 0.1) is 25.4 Å². The summed E-state index contributed by atoms with van der Waals surface area (Å²) in [6.07, 6.45) is 5.79. The highest BCUT2D eigenvalue weighted by Crippen LogP contribution is 2.38. The van der Waals surface area contributed by atoms with Gasteiger partial charge < -0.3 is 20.1 Å². The van der Waals surface area contributed by atoms with E-state index in [0.29, 0.717) is 18.4 Å². The molecule has 3 rings (SSSR count). The summed E-state index contributed by atoms with van der Waals surface area (Å²) in [7, 11) is 0. The van der Waals surface area contributed by atoms with Crippen molar-refractivity contribution in [1.29, 1.82) is 0 Å². The number of ether oxygens (including phenoxy) is 1. The fourth-order valence-corrected chi connectivity index (χ4v) is 4.12. The number of hydrogen-bond donors (Lipinski definition) is 2. The van der Waals surface area contributed by atoms with Crippen LogP contribution in [0.15, 0.2) is 0 Å². The second-order valence-corrected chi connectivity index (χ2v) is 6.36. The molecular weight excluding hydrogens is 256 g/mol. The normalized spacial score (nSPS) is 34.5. The maximum absolute atomic E-state index is 12.6. The summed E-state index contributed by atoms with van der Waals surface area (Å²) >= 11 is 0. The Morgan fingerprint density at radius 2 is 2.05 bits per heavy atom. The first-order chi connectivity index (χ1) is 9.79. The zero-order valence-corrected chi connectivity index (χ0v) is 12.1. The van der Waals surface area contributed by atoms with Crippen LogP contribution in [0.25, 0.3) is 0 Å². The molecule has 2 aliphatic heterocycles. The third-order valence-corrected chi connectivity index (χ3v) is 5.21. The van der Waals surface area contributed by atoms with E-state index in [2.05, 4.69) is 5.32 Å². The molecule has 3 unspecified atom stereocenters. The number of amides is 1. The van der Waals surface area contributed by atoms with E-state index in [9.17, 15) is 4.79 Å². The Balaban J connectivity index is 1.49. The van der Waals surface area contributed by atoms with E-state index >= 15 is 0 Å². The first-order valence-corrected chi connectivity index (χ1v) is 8.04. The largest absolute Gasteiger partial charge is 0.394 e. The van der Waals surface area contributed by atoms with E-state index in [1.54, 1.807) is 0 Å². The van der Waals surface area contributed by atoms with Crippen molar-refractivity contribution in [2.24, 2.45) is 11.8 Å². The van der Waals surface area contributed by atoms with Gasteiger partial charge in [0.25, 0.3) is 0 Å². The number of hydrogen-bond acceptors (Lipinski definition) is 4. The lowest BCUT2D eigenvalue weighted by Crippen LogP contribution is -2.50. The maximum Gasteiger partial charge on any atom is 0.240 e. The van der Waals surface area contributed by atoms with Crippen molar-refractivity contribution >= 4 is 5.91 Å². The molecule has 114 valence electrons. The maximum atomic E-state index is 12.6. The van der Waals surface area contributed by atoms with Gasteiger partial charge in [-0.05, 0) is 44.1 Å². The minimum absolute atomic E-state index is 0.0670.